The second-order valence-corrected chi connectivity index (χ2v) is 10.6. The summed E-state index contributed by atoms with van der Waals surface area (Å²) in [6.45, 7) is 1.89. The molecule has 1 aliphatic heterocycles. The number of aliphatic hydroxyl groups is 1. The molecule has 3 heterocycles. The summed E-state index contributed by atoms with van der Waals surface area (Å²) in [5.74, 6) is -15.7. The first kappa shape index (κ1) is 32.9. The summed E-state index contributed by atoms with van der Waals surface area (Å²) < 4.78 is 110. The topological polar surface area (TPSA) is 166 Å². The van der Waals surface area contributed by atoms with E-state index >= 15 is 4.39 Å². The van der Waals surface area contributed by atoms with E-state index in [9.17, 15) is 50.7 Å². The molecule has 0 aliphatic carbocycles. The number of nitro groups is 1. The van der Waals surface area contributed by atoms with Crippen LogP contribution in [0.25, 0.3) is 11.3 Å². The molecule has 1 unspecified atom stereocenters. The lowest BCUT2D eigenvalue weighted by Gasteiger charge is -2.28. The van der Waals surface area contributed by atoms with Crippen LogP contribution >= 0.6 is 11.8 Å². The first-order valence-electron chi connectivity index (χ1n) is 12.4. The Labute approximate surface area is 245 Å². The Balaban J connectivity index is 1.75. The quantitative estimate of drug-likeness (QED) is 0.176. The van der Waals surface area contributed by atoms with E-state index in [0.29, 0.717) is 50.3 Å². The Hall–Kier alpha value is -3.98. The van der Waals surface area contributed by atoms with Gasteiger partial charge in [-0.15, -0.1) is 5.10 Å². The van der Waals surface area contributed by atoms with Gasteiger partial charge in [-0.2, -0.15) is 30.7 Å². The van der Waals surface area contributed by atoms with E-state index in [-0.39, 0.29) is 28.9 Å². The third-order valence-corrected chi connectivity index (χ3v) is 7.66. The van der Waals surface area contributed by atoms with Crippen molar-refractivity contribution < 1.29 is 49.9 Å². The highest BCUT2D eigenvalue weighted by molar-refractivity contribution is 7.99. The average Bonchev–Trinajstić information content (AvgIpc) is 3.56. The fourth-order valence-electron chi connectivity index (χ4n) is 4.32. The number of carbonyl (C=O) groups is 1. The SMILES string of the molecule is NC(=O)c1cc([N+](=O)[O-])cc(-c2ncc(C(F)(F)C(F)(F)C(F)(F)F)cc2F)c1Sc1nnnn1CCCN1CCC(O)C1. The molecule has 0 spiro atoms. The number of benzene rings is 1. The number of alkyl halides is 7. The number of amides is 1. The number of nitro benzene ring substituents is 1. The molecule has 1 atom stereocenters. The molecule has 2 aromatic heterocycles. The van der Waals surface area contributed by atoms with Crippen LogP contribution in [0, 0.1) is 15.9 Å². The molecule has 1 aliphatic rings. The summed E-state index contributed by atoms with van der Waals surface area (Å²) in [5, 5.41) is 32.3. The number of non-ortho nitro benzene ring substituents is 1. The number of β-amino-alcohol motifs (C(OH)–C–C–N with tert-alkyl or cyclic N) is 1. The molecule has 1 saturated heterocycles. The fraction of sp³-hybridized carbons (Fsp3) is 0.435. The molecule has 12 nitrogen and oxygen atoms in total. The molecule has 0 saturated carbocycles. The van der Waals surface area contributed by atoms with Gasteiger partial charge in [-0.25, -0.2) is 9.07 Å². The lowest BCUT2D eigenvalue weighted by atomic mass is 10.0. The highest BCUT2D eigenvalue weighted by Crippen LogP contribution is 2.52. The first-order chi connectivity index (χ1) is 20.4. The molecule has 3 N–H and O–H groups in total. The van der Waals surface area contributed by atoms with Gasteiger partial charge in [0.05, 0.1) is 16.6 Å². The van der Waals surface area contributed by atoms with Crippen LogP contribution in [0.15, 0.2) is 34.4 Å². The van der Waals surface area contributed by atoms with Crippen LogP contribution in [0.5, 0.6) is 0 Å². The lowest BCUT2D eigenvalue weighted by Crippen LogP contribution is -2.50. The summed E-state index contributed by atoms with van der Waals surface area (Å²) in [4.78, 5) is 27.8. The maximum Gasteiger partial charge on any atom is 0.460 e. The molecule has 0 radical (unpaired) electrons. The minimum Gasteiger partial charge on any atom is -0.392 e. The van der Waals surface area contributed by atoms with Crippen molar-refractivity contribution in [2.45, 2.75) is 53.6 Å². The van der Waals surface area contributed by atoms with E-state index < -0.39 is 68.8 Å². The zero-order valence-corrected chi connectivity index (χ0v) is 22.8. The Morgan fingerprint density at radius 3 is 2.43 bits per heavy atom. The van der Waals surface area contributed by atoms with Crippen LogP contribution in [-0.4, -0.2) is 83.9 Å². The Bertz CT molecular complexity index is 1570. The number of rotatable bonds is 11. The number of aromatic nitrogens is 5. The van der Waals surface area contributed by atoms with Crippen LogP contribution in [0.2, 0.25) is 0 Å². The maximum absolute atomic E-state index is 15.2. The Morgan fingerprint density at radius 2 is 1.86 bits per heavy atom. The highest BCUT2D eigenvalue weighted by Gasteiger charge is 2.73. The molecule has 1 amide bonds. The third-order valence-electron chi connectivity index (χ3n) is 6.54. The van der Waals surface area contributed by atoms with Crippen molar-refractivity contribution >= 4 is 23.4 Å². The van der Waals surface area contributed by atoms with E-state index in [1.54, 1.807) is 0 Å². The van der Waals surface area contributed by atoms with Gasteiger partial charge in [0.25, 0.3) is 5.69 Å². The molecular formula is C23H20F8N8O4S. The number of hydrogen-bond acceptors (Lipinski definition) is 10. The highest BCUT2D eigenvalue weighted by atomic mass is 32.2. The average molecular weight is 657 g/mol. The van der Waals surface area contributed by atoms with Gasteiger partial charge < -0.3 is 15.7 Å². The van der Waals surface area contributed by atoms with Crippen molar-refractivity contribution in [3.8, 4) is 11.3 Å². The predicted octanol–water partition coefficient (Wildman–Crippen LogP) is 3.78. The second-order valence-electron chi connectivity index (χ2n) is 9.58. The van der Waals surface area contributed by atoms with Gasteiger partial charge in [0.1, 0.15) is 11.5 Å². The van der Waals surface area contributed by atoms with Gasteiger partial charge in [0, 0.05) is 60.5 Å². The predicted molar refractivity (Wildman–Crippen MR) is 133 cm³/mol. The summed E-state index contributed by atoms with van der Waals surface area (Å²) in [6, 6.07) is 1.08. The normalized spacial score (nSPS) is 16.4. The first-order valence-corrected chi connectivity index (χ1v) is 13.2. The number of nitrogens with two attached hydrogens (primary N) is 1. The van der Waals surface area contributed by atoms with Crippen molar-refractivity contribution in [1.29, 1.82) is 0 Å². The summed E-state index contributed by atoms with van der Waals surface area (Å²) in [5.41, 5.74) is 0.212. The number of nitrogens with zero attached hydrogens (tertiary/aromatic N) is 7. The summed E-state index contributed by atoms with van der Waals surface area (Å²) >= 11 is 0.553. The molecular weight excluding hydrogens is 636 g/mol. The van der Waals surface area contributed by atoms with Crippen molar-refractivity contribution in [2.75, 3.05) is 19.6 Å². The van der Waals surface area contributed by atoms with Crippen LogP contribution in [-0.2, 0) is 12.5 Å². The maximum atomic E-state index is 15.2. The third kappa shape index (κ3) is 6.43. The Morgan fingerprint density at radius 1 is 1.16 bits per heavy atom. The van der Waals surface area contributed by atoms with Gasteiger partial charge in [-0.1, -0.05) is 0 Å². The van der Waals surface area contributed by atoms with Gasteiger partial charge in [0.2, 0.25) is 11.1 Å². The van der Waals surface area contributed by atoms with Crippen LogP contribution in [0.4, 0.5) is 40.8 Å². The van der Waals surface area contributed by atoms with Gasteiger partial charge >= 0.3 is 18.0 Å². The number of likely N-dealkylation sites (tertiary alicyclic amines) is 1. The van der Waals surface area contributed by atoms with E-state index in [0.717, 1.165) is 6.07 Å². The lowest BCUT2D eigenvalue weighted by molar-refractivity contribution is -0.384. The molecule has 3 aromatic rings. The van der Waals surface area contributed by atoms with E-state index in [4.69, 9.17) is 5.73 Å². The number of hydrogen-bond donors (Lipinski definition) is 2. The van der Waals surface area contributed by atoms with Gasteiger partial charge in [-0.3, -0.25) is 19.9 Å². The minimum atomic E-state index is -6.70. The number of tetrazole rings is 1. The van der Waals surface area contributed by atoms with Gasteiger partial charge in [0.15, 0.2) is 0 Å². The van der Waals surface area contributed by atoms with Crippen LogP contribution < -0.4 is 5.73 Å². The number of aryl methyl sites for hydroxylation is 1. The molecule has 21 heteroatoms. The number of primary amides is 1. The molecule has 44 heavy (non-hydrogen) atoms. The standard InChI is InChI=1S/C23H20F8N8O4S/c24-16-6-11(21(25,26)22(27,28)23(29,30)31)9-33-17(16)14-7-12(39(42)43)8-15(19(32)41)18(14)44-20-34-35-36-38(20)4-1-3-37-5-2-13(40)10-37/h6-9,13,40H,1-5,10H2,(H2,32,41). The minimum absolute atomic E-state index is 0.0440. The van der Waals surface area contributed by atoms with Crippen molar-refractivity contribution in [3.05, 3.63) is 51.5 Å². The molecule has 4 rings (SSSR count). The fourth-order valence-corrected chi connectivity index (χ4v) is 5.34. The van der Waals surface area contributed by atoms with E-state index in [2.05, 4.69) is 20.5 Å². The monoisotopic (exact) mass is 656 g/mol. The number of halogens is 8. The van der Waals surface area contributed by atoms with Crippen molar-refractivity contribution in [1.82, 2.24) is 30.1 Å². The van der Waals surface area contributed by atoms with Gasteiger partial charge in [-0.05, 0) is 41.1 Å². The Kier molecular flexibility index (Phi) is 9.12. The molecule has 0 bridgehead atoms. The van der Waals surface area contributed by atoms with Crippen molar-refractivity contribution in [2.24, 2.45) is 5.73 Å². The number of carbonyl (C=O) groups excluding carboxylic acids is 1. The summed E-state index contributed by atoms with van der Waals surface area (Å²) in [6.07, 6.45) is -6.20. The van der Waals surface area contributed by atoms with E-state index in [1.165, 1.54) is 4.68 Å². The zero-order valence-electron chi connectivity index (χ0n) is 21.9. The number of aliphatic hydroxyl groups excluding tert-OH is 1. The molecule has 238 valence electrons. The largest absolute Gasteiger partial charge is 0.460 e. The summed E-state index contributed by atoms with van der Waals surface area (Å²) in [7, 11) is 0. The zero-order chi connectivity index (χ0) is 32.6. The molecule has 1 fully saturated rings. The van der Waals surface area contributed by atoms with Crippen LogP contribution in [0.3, 0.4) is 0 Å². The smallest absolute Gasteiger partial charge is 0.392 e. The molecule has 1 aromatic carbocycles. The number of pyridine rings is 1. The second kappa shape index (κ2) is 12.2. The van der Waals surface area contributed by atoms with Crippen molar-refractivity contribution in [3.63, 3.8) is 0 Å². The van der Waals surface area contributed by atoms with Crippen LogP contribution in [0.1, 0.15) is 28.8 Å². The van der Waals surface area contributed by atoms with E-state index in [1.807, 2.05) is 4.90 Å².